The number of nitrogens with zero attached hydrogens (tertiary/aromatic N) is 1. The lowest BCUT2D eigenvalue weighted by molar-refractivity contribution is -0.129. The van der Waals surface area contributed by atoms with E-state index in [0.717, 1.165) is 11.3 Å². The summed E-state index contributed by atoms with van der Waals surface area (Å²) in [7, 11) is 6.61. The predicted molar refractivity (Wildman–Crippen MR) is 88.0 cm³/mol. The number of hydrogen-bond acceptors (Lipinski definition) is 5. The molecule has 0 aliphatic heterocycles. The monoisotopic (exact) mass is 332 g/mol. The molecule has 0 aliphatic carbocycles. The van der Waals surface area contributed by atoms with Gasteiger partial charge in [-0.1, -0.05) is 0 Å². The number of amides is 1. The zero-order valence-corrected chi connectivity index (χ0v) is 14.4. The molecule has 0 fully saturated rings. The Morgan fingerprint density at radius 1 is 1.23 bits per heavy atom. The fraction of sp³-hybridized carbons (Fsp3) is 0.533. The molecule has 1 aromatic rings. The highest BCUT2D eigenvalue weighted by atomic mass is 35.5. The van der Waals surface area contributed by atoms with Crippen LogP contribution in [0.4, 0.5) is 0 Å². The van der Waals surface area contributed by atoms with Gasteiger partial charge in [-0.05, 0) is 12.1 Å². The van der Waals surface area contributed by atoms with E-state index in [1.165, 1.54) is 0 Å². The molecular formula is C15H25ClN2O4. The van der Waals surface area contributed by atoms with E-state index in [1.54, 1.807) is 33.3 Å². The summed E-state index contributed by atoms with van der Waals surface area (Å²) in [6.45, 7) is 2.02. The van der Waals surface area contributed by atoms with Crippen LogP contribution in [0.2, 0.25) is 0 Å². The number of likely N-dealkylation sites (N-methyl/N-ethyl adjacent to an activating group) is 1. The van der Waals surface area contributed by atoms with E-state index in [4.69, 9.17) is 14.2 Å². The molecule has 6 nitrogen and oxygen atoms in total. The Balaban J connectivity index is 0.00000441. The predicted octanol–water partition coefficient (Wildman–Crippen LogP) is 1.32. The number of carbonyl (C=O) groups is 1. The number of methoxy groups -OCH3 is 3. The maximum absolute atomic E-state index is 12.0. The number of halogens is 1. The van der Waals surface area contributed by atoms with Gasteiger partial charge < -0.3 is 24.4 Å². The summed E-state index contributed by atoms with van der Waals surface area (Å²) in [6.07, 6.45) is 0. The van der Waals surface area contributed by atoms with Crippen molar-refractivity contribution in [3.8, 4) is 11.5 Å². The van der Waals surface area contributed by atoms with Crippen molar-refractivity contribution in [3.63, 3.8) is 0 Å². The Morgan fingerprint density at radius 3 is 2.55 bits per heavy atom. The largest absolute Gasteiger partial charge is 0.497 e. The molecule has 1 amide bonds. The molecule has 7 heteroatoms. The second-order valence-corrected chi connectivity index (χ2v) is 4.60. The van der Waals surface area contributed by atoms with Gasteiger partial charge in [-0.2, -0.15) is 0 Å². The molecule has 0 spiro atoms. The standard InChI is InChI=1S/C15H24N2O4.ClH/c1-17(15(18)10-16-7-8-19-2)11-12-5-6-13(20-3)9-14(12)21-4;/h5-6,9,16H,7-8,10-11H2,1-4H3;1H. The molecule has 0 aromatic heterocycles. The summed E-state index contributed by atoms with van der Waals surface area (Å²) in [6, 6.07) is 5.57. The van der Waals surface area contributed by atoms with Crippen LogP contribution in [0.25, 0.3) is 0 Å². The Hall–Kier alpha value is -1.50. The van der Waals surface area contributed by atoms with Gasteiger partial charge in [0.25, 0.3) is 0 Å². The molecule has 0 saturated heterocycles. The third-order valence-corrected chi connectivity index (χ3v) is 3.09. The van der Waals surface area contributed by atoms with E-state index in [1.807, 2.05) is 18.2 Å². The number of hydrogen-bond donors (Lipinski definition) is 1. The van der Waals surface area contributed by atoms with Gasteiger partial charge in [-0.3, -0.25) is 4.79 Å². The van der Waals surface area contributed by atoms with Crippen LogP contribution in [0.15, 0.2) is 18.2 Å². The van der Waals surface area contributed by atoms with E-state index in [2.05, 4.69) is 5.32 Å². The zero-order chi connectivity index (χ0) is 15.7. The summed E-state index contributed by atoms with van der Waals surface area (Å²) in [5, 5.41) is 3.03. The van der Waals surface area contributed by atoms with Crippen LogP contribution < -0.4 is 14.8 Å². The third-order valence-electron chi connectivity index (χ3n) is 3.09. The number of rotatable bonds is 9. The summed E-state index contributed by atoms with van der Waals surface area (Å²) in [5.74, 6) is 1.45. The van der Waals surface area contributed by atoms with Crippen molar-refractivity contribution in [3.05, 3.63) is 23.8 Å². The molecule has 1 N–H and O–H groups in total. The average molecular weight is 333 g/mol. The van der Waals surface area contributed by atoms with Crippen molar-refractivity contribution in [1.29, 1.82) is 0 Å². The van der Waals surface area contributed by atoms with E-state index in [-0.39, 0.29) is 18.3 Å². The van der Waals surface area contributed by atoms with Gasteiger partial charge in [0.1, 0.15) is 11.5 Å². The third kappa shape index (κ3) is 6.51. The summed E-state index contributed by atoms with van der Waals surface area (Å²) < 4.78 is 15.4. The van der Waals surface area contributed by atoms with Gasteiger partial charge in [0.15, 0.2) is 0 Å². The molecule has 0 saturated carbocycles. The van der Waals surface area contributed by atoms with Crippen LogP contribution in [0, 0.1) is 0 Å². The second-order valence-electron chi connectivity index (χ2n) is 4.60. The summed E-state index contributed by atoms with van der Waals surface area (Å²) in [5.41, 5.74) is 0.936. The second kappa shape index (κ2) is 11.1. The van der Waals surface area contributed by atoms with Crippen LogP contribution in [-0.2, 0) is 16.1 Å². The topological polar surface area (TPSA) is 60.0 Å². The maximum atomic E-state index is 12.0. The van der Waals surface area contributed by atoms with Gasteiger partial charge in [-0.15, -0.1) is 12.4 Å². The Morgan fingerprint density at radius 2 is 1.95 bits per heavy atom. The highest BCUT2D eigenvalue weighted by molar-refractivity contribution is 5.85. The summed E-state index contributed by atoms with van der Waals surface area (Å²) in [4.78, 5) is 13.6. The van der Waals surface area contributed by atoms with Crippen LogP contribution in [0.3, 0.4) is 0 Å². The lowest BCUT2D eigenvalue weighted by Gasteiger charge is -2.19. The first-order valence-electron chi connectivity index (χ1n) is 6.77. The van der Waals surface area contributed by atoms with E-state index < -0.39 is 0 Å². The minimum Gasteiger partial charge on any atom is -0.497 e. The number of carbonyl (C=O) groups excluding carboxylic acids is 1. The molecule has 0 atom stereocenters. The lowest BCUT2D eigenvalue weighted by atomic mass is 10.1. The minimum absolute atomic E-state index is 0. The van der Waals surface area contributed by atoms with Gasteiger partial charge in [0.05, 0.1) is 27.4 Å². The first-order chi connectivity index (χ1) is 10.1. The van der Waals surface area contributed by atoms with Gasteiger partial charge in [-0.25, -0.2) is 0 Å². The molecule has 0 heterocycles. The first kappa shape index (κ1) is 20.5. The fourth-order valence-corrected chi connectivity index (χ4v) is 1.83. The molecule has 1 aromatic carbocycles. The summed E-state index contributed by atoms with van der Waals surface area (Å²) >= 11 is 0. The molecule has 1 rings (SSSR count). The van der Waals surface area contributed by atoms with Crippen LogP contribution in [0.1, 0.15) is 5.56 Å². The molecule has 22 heavy (non-hydrogen) atoms. The normalized spacial score (nSPS) is 9.82. The smallest absolute Gasteiger partial charge is 0.236 e. The highest BCUT2D eigenvalue weighted by Crippen LogP contribution is 2.25. The van der Waals surface area contributed by atoms with Crippen molar-refractivity contribution in [2.75, 3.05) is 48.1 Å². The molecule has 126 valence electrons. The maximum Gasteiger partial charge on any atom is 0.236 e. The average Bonchev–Trinajstić information content (AvgIpc) is 2.51. The van der Waals surface area contributed by atoms with Crippen molar-refractivity contribution in [1.82, 2.24) is 10.2 Å². The quantitative estimate of drug-likeness (QED) is 0.691. The minimum atomic E-state index is 0. The molecular weight excluding hydrogens is 308 g/mol. The van der Waals surface area contributed by atoms with Crippen LogP contribution >= 0.6 is 12.4 Å². The van der Waals surface area contributed by atoms with E-state index in [9.17, 15) is 4.79 Å². The fourth-order valence-electron chi connectivity index (χ4n) is 1.83. The van der Waals surface area contributed by atoms with E-state index >= 15 is 0 Å². The molecule has 0 radical (unpaired) electrons. The van der Waals surface area contributed by atoms with Crippen molar-refractivity contribution < 1.29 is 19.0 Å². The van der Waals surface area contributed by atoms with Crippen molar-refractivity contribution >= 4 is 18.3 Å². The lowest BCUT2D eigenvalue weighted by Crippen LogP contribution is -2.36. The van der Waals surface area contributed by atoms with Crippen molar-refractivity contribution in [2.45, 2.75) is 6.54 Å². The Bertz CT molecular complexity index is 457. The number of nitrogens with one attached hydrogen (secondary N) is 1. The molecule has 0 unspecified atom stereocenters. The number of benzene rings is 1. The Labute approximate surface area is 138 Å². The highest BCUT2D eigenvalue weighted by Gasteiger charge is 2.12. The first-order valence-corrected chi connectivity index (χ1v) is 6.77. The zero-order valence-electron chi connectivity index (χ0n) is 13.5. The van der Waals surface area contributed by atoms with E-state index in [0.29, 0.717) is 32.0 Å². The number of ether oxygens (including phenoxy) is 3. The Kier molecular flexibility index (Phi) is 10.4. The molecule has 0 aliphatic rings. The van der Waals surface area contributed by atoms with Crippen LogP contribution in [-0.4, -0.2) is 58.9 Å². The van der Waals surface area contributed by atoms with Gasteiger partial charge in [0.2, 0.25) is 5.91 Å². The van der Waals surface area contributed by atoms with Gasteiger partial charge in [0, 0.05) is 38.9 Å². The molecule has 0 bridgehead atoms. The van der Waals surface area contributed by atoms with Gasteiger partial charge >= 0.3 is 0 Å². The van der Waals surface area contributed by atoms with Crippen LogP contribution in [0.5, 0.6) is 11.5 Å². The SMILES string of the molecule is COCCNCC(=O)N(C)Cc1ccc(OC)cc1OC.Cl. The van der Waals surface area contributed by atoms with Crippen molar-refractivity contribution in [2.24, 2.45) is 0 Å².